The summed E-state index contributed by atoms with van der Waals surface area (Å²) in [6.07, 6.45) is 2.27. The number of carboxylic acid groups (broad SMARTS) is 1. The van der Waals surface area contributed by atoms with Crippen LogP contribution in [0.2, 0.25) is 0 Å². The van der Waals surface area contributed by atoms with Gasteiger partial charge in [-0.25, -0.2) is 9.78 Å². The quantitative estimate of drug-likeness (QED) is 0.682. The Bertz CT molecular complexity index is 405. The molecule has 94 valence electrons. The Balaban J connectivity index is 2.65. The first-order valence-electron chi connectivity index (χ1n) is 5.29. The van der Waals surface area contributed by atoms with E-state index in [9.17, 15) is 9.59 Å². The average Bonchev–Trinajstić information content (AvgIpc) is 2.72. The van der Waals surface area contributed by atoms with E-state index in [0.717, 1.165) is 12.8 Å². The van der Waals surface area contributed by atoms with Gasteiger partial charge in [-0.3, -0.25) is 4.79 Å². The molecule has 0 aliphatic rings. The van der Waals surface area contributed by atoms with Gasteiger partial charge in [0, 0.05) is 5.38 Å². The summed E-state index contributed by atoms with van der Waals surface area (Å²) in [6.45, 7) is 1.99. The highest BCUT2D eigenvalue weighted by Gasteiger charge is 2.18. The van der Waals surface area contributed by atoms with Crippen LogP contribution in [0.15, 0.2) is 5.38 Å². The number of unbranched alkanes of at least 4 members (excludes halogenated alkanes) is 1. The average molecular weight is 257 g/mol. The lowest BCUT2D eigenvalue weighted by molar-refractivity contribution is -0.138. The Kier molecular flexibility index (Phi) is 4.89. The van der Waals surface area contributed by atoms with Crippen molar-refractivity contribution >= 4 is 28.3 Å². The summed E-state index contributed by atoms with van der Waals surface area (Å²) >= 11 is 1.17. The van der Waals surface area contributed by atoms with Crippen LogP contribution in [-0.4, -0.2) is 28.0 Å². The predicted molar refractivity (Wildman–Crippen MR) is 65.2 cm³/mol. The van der Waals surface area contributed by atoms with E-state index in [-0.39, 0.29) is 5.69 Å². The summed E-state index contributed by atoms with van der Waals surface area (Å²) in [5.74, 6) is -1.54. The molecule has 0 aromatic carbocycles. The third-order valence-corrected chi connectivity index (χ3v) is 2.97. The van der Waals surface area contributed by atoms with Crippen LogP contribution in [0.25, 0.3) is 0 Å². The number of nitrogens with one attached hydrogen (secondary N) is 1. The van der Waals surface area contributed by atoms with Crippen LogP contribution < -0.4 is 11.1 Å². The van der Waals surface area contributed by atoms with Gasteiger partial charge in [-0.15, -0.1) is 11.3 Å². The van der Waals surface area contributed by atoms with E-state index in [0.29, 0.717) is 11.6 Å². The molecule has 1 heterocycles. The van der Waals surface area contributed by atoms with Crippen molar-refractivity contribution in [1.82, 2.24) is 4.98 Å². The van der Waals surface area contributed by atoms with E-state index in [1.54, 1.807) is 0 Å². The number of carbonyl (C=O) groups is 2. The minimum Gasteiger partial charge on any atom is -0.480 e. The lowest BCUT2D eigenvalue weighted by atomic mass is 10.1. The van der Waals surface area contributed by atoms with Crippen LogP contribution >= 0.6 is 11.3 Å². The highest BCUT2D eigenvalue weighted by atomic mass is 32.1. The standard InChI is InChI=1S/C10H15N3O3S/c1-2-3-4-6(9(15)16)12-10-13-7(5-17-10)8(11)14/h5-6H,2-4H2,1H3,(H2,11,14)(H,12,13)(H,15,16). The number of primary amides is 1. The molecule has 0 radical (unpaired) electrons. The number of hydrogen-bond donors (Lipinski definition) is 3. The molecule has 1 rings (SSSR count). The van der Waals surface area contributed by atoms with Gasteiger partial charge >= 0.3 is 5.97 Å². The van der Waals surface area contributed by atoms with Crippen molar-refractivity contribution < 1.29 is 14.7 Å². The fourth-order valence-electron chi connectivity index (χ4n) is 1.27. The van der Waals surface area contributed by atoms with E-state index in [2.05, 4.69) is 10.3 Å². The molecule has 1 aromatic rings. The van der Waals surface area contributed by atoms with Crippen molar-refractivity contribution in [2.24, 2.45) is 5.73 Å². The van der Waals surface area contributed by atoms with Crippen LogP contribution in [-0.2, 0) is 4.79 Å². The van der Waals surface area contributed by atoms with Crippen LogP contribution in [0.1, 0.15) is 36.7 Å². The van der Waals surface area contributed by atoms with E-state index in [4.69, 9.17) is 10.8 Å². The van der Waals surface area contributed by atoms with E-state index >= 15 is 0 Å². The summed E-state index contributed by atoms with van der Waals surface area (Å²) < 4.78 is 0. The lowest BCUT2D eigenvalue weighted by Crippen LogP contribution is -2.29. The molecule has 17 heavy (non-hydrogen) atoms. The van der Waals surface area contributed by atoms with Crippen molar-refractivity contribution in [3.8, 4) is 0 Å². The van der Waals surface area contributed by atoms with Crippen LogP contribution in [0.5, 0.6) is 0 Å². The summed E-state index contributed by atoms with van der Waals surface area (Å²) in [4.78, 5) is 25.7. The second-order valence-electron chi connectivity index (χ2n) is 3.58. The number of carbonyl (C=O) groups excluding carboxylic acids is 1. The summed E-state index contributed by atoms with van der Waals surface area (Å²) in [6, 6.07) is -0.679. The summed E-state index contributed by atoms with van der Waals surface area (Å²) in [5, 5.41) is 13.7. The molecular weight excluding hydrogens is 242 g/mol. The molecule has 1 amide bonds. The minimum absolute atomic E-state index is 0.150. The van der Waals surface area contributed by atoms with Crippen molar-refractivity contribution in [3.63, 3.8) is 0 Å². The number of hydrogen-bond acceptors (Lipinski definition) is 5. The zero-order valence-corrected chi connectivity index (χ0v) is 10.3. The Hall–Kier alpha value is -1.63. The predicted octanol–water partition coefficient (Wildman–Crippen LogP) is 1.30. The third kappa shape index (κ3) is 4.03. The number of aliphatic carboxylic acids is 1. The molecule has 0 aliphatic carbocycles. The molecule has 0 saturated heterocycles. The molecule has 4 N–H and O–H groups in total. The third-order valence-electron chi connectivity index (χ3n) is 2.20. The molecule has 1 aromatic heterocycles. The number of amides is 1. The van der Waals surface area contributed by atoms with Gasteiger partial charge in [-0.2, -0.15) is 0 Å². The van der Waals surface area contributed by atoms with Crippen LogP contribution in [0.3, 0.4) is 0 Å². The number of nitrogens with zero attached hydrogens (tertiary/aromatic N) is 1. The smallest absolute Gasteiger partial charge is 0.326 e. The van der Waals surface area contributed by atoms with Gasteiger partial charge in [0.05, 0.1) is 0 Å². The Morgan fingerprint density at radius 3 is 2.82 bits per heavy atom. The van der Waals surface area contributed by atoms with Gasteiger partial charge in [0.25, 0.3) is 5.91 Å². The van der Waals surface area contributed by atoms with Gasteiger partial charge in [-0.1, -0.05) is 19.8 Å². The zero-order chi connectivity index (χ0) is 12.8. The Morgan fingerprint density at radius 2 is 2.35 bits per heavy atom. The maximum absolute atomic E-state index is 11.0. The second-order valence-corrected chi connectivity index (χ2v) is 4.44. The SMILES string of the molecule is CCCCC(Nc1nc(C(N)=O)cs1)C(=O)O. The molecule has 0 spiro atoms. The molecule has 0 saturated carbocycles. The van der Waals surface area contributed by atoms with Crippen molar-refractivity contribution in [3.05, 3.63) is 11.1 Å². The van der Waals surface area contributed by atoms with Gasteiger partial charge in [0.2, 0.25) is 0 Å². The first kappa shape index (κ1) is 13.4. The Morgan fingerprint density at radius 1 is 1.65 bits per heavy atom. The number of carboxylic acids is 1. The molecule has 0 bridgehead atoms. The lowest BCUT2D eigenvalue weighted by Gasteiger charge is -2.12. The van der Waals surface area contributed by atoms with E-state index in [1.165, 1.54) is 16.7 Å². The van der Waals surface area contributed by atoms with E-state index in [1.807, 2.05) is 6.92 Å². The summed E-state index contributed by atoms with van der Waals surface area (Å²) in [5.41, 5.74) is 5.21. The summed E-state index contributed by atoms with van der Waals surface area (Å²) in [7, 11) is 0. The Labute approximate surface area is 103 Å². The first-order chi connectivity index (χ1) is 8.04. The van der Waals surface area contributed by atoms with Gasteiger partial charge < -0.3 is 16.2 Å². The molecule has 6 nitrogen and oxygen atoms in total. The largest absolute Gasteiger partial charge is 0.480 e. The number of rotatable bonds is 7. The monoisotopic (exact) mass is 257 g/mol. The number of thiazole rings is 1. The van der Waals surface area contributed by atoms with Crippen LogP contribution in [0, 0.1) is 0 Å². The fraction of sp³-hybridized carbons (Fsp3) is 0.500. The normalized spacial score (nSPS) is 12.1. The second kappa shape index (κ2) is 6.19. The van der Waals surface area contributed by atoms with Gasteiger partial charge in [0.1, 0.15) is 11.7 Å². The van der Waals surface area contributed by atoms with Crippen LogP contribution in [0.4, 0.5) is 5.13 Å². The number of anilines is 1. The molecular formula is C10H15N3O3S. The van der Waals surface area contributed by atoms with Gasteiger partial charge in [-0.05, 0) is 6.42 Å². The highest BCUT2D eigenvalue weighted by molar-refractivity contribution is 7.13. The first-order valence-corrected chi connectivity index (χ1v) is 6.17. The minimum atomic E-state index is -0.922. The fourth-order valence-corrected chi connectivity index (χ4v) is 2.02. The topological polar surface area (TPSA) is 105 Å². The van der Waals surface area contributed by atoms with Crippen molar-refractivity contribution in [1.29, 1.82) is 0 Å². The number of nitrogens with two attached hydrogens (primary N) is 1. The zero-order valence-electron chi connectivity index (χ0n) is 9.47. The molecule has 0 aliphatic heterocycles. The van der Waals surface area contributed by atoms with E-state index < -0.39 is 17.9 Å². The van der Waals surface area contributed by atoms with Gasteiger partial charge in [0.15, 0.2) is 5.13 Å². The molecule has 0 fully saturated rings. The maximum atomic E-state index is 11.0. The van der Waals surface area contributed by atoms with Crippen molar-refractivity contribution in [2.75, 3.05) is 5.32 Å². The number of aromatic nitrogens is 1. The highest BCUT2D eigenvalue weighted by Crippen LogP contribution is 2.17. The molecule has 1 unspecified atom stereocenters. The molecule has 1 atom stereocenters. The molecule has 7 heteroatoms. The van der Waals surface area contributed by atoms with Crippen molar-refractivity contribution in [2.45, 2.75) is 32.2 Å². The maximum Gasteiger partial charge on any atom is 0.326 e.